The molecule has 2 unspecified atom stereocenters. The van der Waals surface area contributed by atoms with Gasteiger partial charge in [0, 0.05) is 29.3 Å². The Hall–Kier alpha value is -1.13. The van der Waals surface area contributed by atoms with Gasteiger partial charge in [-0.05, 0) is 49.8 Å². The van der Waals surface area contributed by atoms with Gasteiger partial charge in [-0.1, -0.05) is 34.1 Å². The van der Waals surface area contributed by atoms with E-state index in [1.54, 1.807) is 0 Å². The lowest BCUT2D eigenvalue weighted by Crippen LogP contribution is -2.43. The molecule has 0 saturated carbocycles. The number of hydrogen-bond donors (Lipinski definition) is 0. The van der Waals surface area contributed by atoms with Gasteiger partial charge >= 0.3 is 0 Å². The molecule has 0 aliphatic carbocycles. The van der Waals surface area contributed by atoms with Gasteiger partial charge in [0.1, 0.15) is 0 Å². The number of aryl methyl sites for hydroxylation is 1. The Labute approximate surface area is 140 Å². The minimum absolute atomic E-state index is 0.585. The van der Waals surface area contributed by atoms with Crippen LogP contribution in [0.25, 0.3) is 0 Å². The fraction of sp³-hybridized carbons (Fsp3) is 0.500. The normalized spacial score (nSPS) is 28.2. The number of fused-ring (bicyclic) bond motifs is 2. The van der Waals surface area contributed by atoms with Crippen LogP contribution in [0.15, 0.2) is 41.1 Å². The van der Waals surface area contributed by atoms with Crippen molar-refractivity contribution in [2.75, 3.05) is 0 Å². The van der Waals surface area contributed by atoms with Crippen molar-refractivity contribution >= 4 is 15.9 Å². The molecule has 0 radical (unpaired) electrons. The van der Waals surface area contributed by atoms with E-state index in [0.717, 1.165) is 6.54 Å². The first-order chi connectivity index (χ1) is 10.7. The van der Waals surface area contributed by atoms with Crippen LogP contribution in [0.2, 0.25) is 0 Å². The van der Waals surface area contributed by atoms with Gasteiger partial charge in [-0.3, -0.25) is 9.58 Å². The van der Waals surface area contributed by atoms with Crippen molar-refractivity contribution in [3.05, 3.63) is 52.3 Å². The lowest BCUT2D eigenvalue weighted by molar-refractivity contribution is 0.0949. The summed E-state index contributed by atoms with van der Waals surface area (Å²) in [6.07, 6.45) is 9.34. The van der Waals surface area contributed by atoms with E-state index in [9.17, 15) is 0 Å². The third kappa shape index (κ3) is 2.63. The second kappa shape index (κ2) is 5.82. The van der Waals surface area contributed by atoms with E-state index >= 15 is 0 Å². The molecule has 0 spiro atoms. The zero-order valence-corrected chi connectivity index (χ0v) is 14.5. The van der Waals surface area contributed by atoms with Gasteiger partial charge in [0.15, 0.2) is 0 Å². The molecule has 3 heterocycles. The highest BCUT2D eigenvalue weighted by atomic mass is 79.9. The van der Waals surface area contributed by atoms with Gasteiger partial charge in [0.2, 0.25) is 0 Å². The molecule has 2 atom stereocenters. The highest BCUT2D eigenvalue weighted by molar-refractivity contribution is 9.10. The van der Waals surface area contributed by atoms with Crippen LogP contribution in [-0.4, -0.2) is 26.8 Å². The van der Waals surface area contributed by atoms with Crippen molar-refractivity contribution in [1.29, 1.82) is 0 Å². The number of aromatic nitrogens is 2. The van der Waals surface area contributed by atoms with E-state index in [1.807, 2.05) is 6.20 Å². The van der Waals surface area contributed by atoms with E-state index in [1.165, 1.54) is 41.3 Å². The summed E-state index contributed by atoms with van der Waals surface area (Å²) in [5.41, 5.74) is 2.68. The molecule has 3 nitrogen and oxygen atoms in total. The van der Waals surface area contributed by atoms with Gasteiger partial charge in [-0.2, -0.15) is 5.10 Å². The predicted octanol–water partition coefficient (Wildman–Crippen LogP) is 4.32. The monoisotopic (exact) mass is 359 g/mol. The highest BCUT2D eigenvalue weighted by Crippen LogP contribution is 2.41. The third-order valence-electron chi connectivity index (χ3n) is 5.27. The zero-order valence-electron chi connectivity index (χ0n) is 13.0. The molecule has 0 N–H and O–H groups in total. The van der Waals surface area contributed by atoms with Crippen LogP contribution in [0.5, 0.6) is 0 Å². The van der Waals surface area contributed by atoms with Crippen molar-refractivity contribution < 1.29 is 0 Å². The molecule has 2 aliphatic heterocycles. The largest absolute Gasteiger partial charge is 0.293 e. The summed E-state index contributed by atoms with van der Waals surface area (Å²) in [6, 6.07) is 10.6. The van der Waals surface area contributed by atoms with E-state index in [-0.39, 0.29) is 0 Å². The second-order valence-electron chi connectivity index (χ2n) is 6.77. The number of piperidine rings is 1. The minimum Gasteiger partial charge on any atom is -0.293 e. The predicted molar refractivity (Wildman–Crippen MR) is 91.7 cm³/mol. The van der Waals surface area contributed by atoms with Gasteiger partial charge in [-0.15, -0.1) is 0 Å². The first-order valence-corrected chi connectivity index (χ1v) is 9.00. The fourth-order valence-electron chi connectivity index (χ4n) is 4.18. The third-order valence-corrected chi connectivity index (χ3v) is 6.05. The number of benzene rings is 1. The molecule has 2 fully saturated rings. The highest BCUT2D eigenvalue weighted by Gasteiger charge is 2.41. The van der Waals surface area contributed by atoms with E-state index < -0.39 is 0 Å². The minimum atomic E-state index is 0.585. The molecule has 116 valence electrons. The summed E-state index contributed by atoms with van der Waals surface area (Å²) in [5.74, 6) is 0. The molecule has 1 aromatic heterocycles. The molecular weight excluding hydrogens is 338 g/mol. The van der Waals surface area contributed by atoms with Crippen molar-refractivity contribution in [1.82, 2.24) is 14.7 Å². The summed E-state index contributed by atoms with van der Waals surface area (Å²) in [5, 5.41) is 4.55. The maximum Gasteiger partial charge on any atom is 0.0549 e. The van der Waals surface area contributed by atoms with Gasteiger partial charge in [-0.25, -0.2) is 0 Å². The van der Waals surface area contributed by atoms with Crippen LogP contribution >= 0.6 is 15.9 Å². The lowest BCUT2D eigenvalue weighted by atomic mass is 9.96. The topological polar surface area (TPSA) is 21.1 Å². The fourth-order valence-corrected chi connectivity index (χ4v) is 4.59. The summed E-state index contributed by atoms with van der Waals surface area (Å²) < 4.78 is 3.44. The van der Waals surface area contributed by atoms with E-state index in [2.05, 4.69) is 68.0 Å². The van der Waals surface area contributed by atoms with Gasteiger partial charge in [0.05, 0.1) is 12.2 Å². The van der Waals surface area contributed by atoms with Gasteiger partial charge < -0.3 is 0 Å². The Balaban J connectivity index is 1.50. The van der Waals surface area contributed by atoms with Crippen molar-refractivity contribution in [2.45, 2.75) is 57.3 Å². The standard InChI is InChI=1S/C18H22BrN3/c1-13-10-20-22(11-13)17-8-15-6-7-16(9-17)21(15)12-14-4-2-3-5-18(14)19/h2-5,10-11,15-17H,6-9,12H2,1H3. The average molecular weight is 360 g/mol. The van der Waals surface area contributed by atoms with Gasteiger partial charge in [0.25, 0.3) is 0 Å². The van der Waals surface area contributed by atoms with Crippen LogP contribution in [0.4, 0.5) is 0 Å². The number of halogens is 1. The Morgan fingerprint density at radius 1 is 1.14 bits per heavy atom. The molecular formula is C18H22BrN3. The summed E-state index contributed by atoms with van der Waals surface area (Å²) in [6.45, 7) is 3.20. The molecule has 2 saturated heterocycles. The SMILES string of the molecule is Cc1cnn(C2CC3CCC(C2)N3Cc2ccccc2Br)c1. The van der Waals surface area contributed by atoms with Crippen LogP contribution in [0, 0.1) is 6.92 Å². The Kier molecular flexibility index (Phi) is 3.82. The van der Waals surface area contributed by atoms with Crippen LogP contribution in [0.1, 0.15) is 42.9 Å². The maximum absolute atomic E-state index is 4.55. The van der Waals surface area contributed by atoms with E-state index in [0.29, 0.717) is 18.1 Å². The van der Waals surface area contributed by atoms with Crippen LogP contribution in [0.3, 0.4) is 0 Å². The smallest absolute Gasteiger partial charge is 0.0549 e. The molecule has 4 rings (SSSR count). The Bertz CT molecular complexity index is 652. The number of rotatable bonds is 3. The molecule has 2 bridgehead atoms. The number of hydrogen-bond acceptors (Lipinski definition) is 2. The number of nitrogens with zero attached hydrogens (tertiary/aromatic N) is 3. The van der Waals surface area contributed by atoms with Crippen molar-refractivity contribution in [2.24, 2.45) is 0 Å². The molecule has 4 heteroatoms. The molecule has 22 heavy (non-hydrogen) atoms. The summed E-state index contributed by atoms with van der Waals surface area (Å²) in [7, 11) is 0. The first kappa shape index (κ1) is 14.5. The quantitative estimate of drug-likeness (QED) is 0.813. The Morgan fingerprint density at radius 2 is 1.86 bits per heavy atom. The first-order valence-electron chi connectivity index (χ1n) is 8.20. The van der Waals surface area contributed by atoms with Crippen molar-refractivity contribution in [3.8, 4) is 0 Å². The average Bonchev–Trinajstić information content (AvgIpc) is 3.02. The van der Waals surface area contributed by atoms with E-state index in [4.69, 9.17) is 0 Å². The Morgan fingerprint density at radius 3 is 2.50 bits per heavy atom. The molecule has 1 aromatic carbocycles. The molecule has 0 amide bonds. The van der Waals surface area contributed by atoms with Crippen LogP contribution < -0.4 is 0 Å². The molecule has 2 aromatic rings. The summed E-state index contributed by atoms with van der Waals surface area (Å²) in [4.78, 5) is 2.73. The van der Waals surface area contributed by atoms with Crippen molar-refractivity contribution in [3.63, 3.8) is 0 Å². The van der Waals surface area contributed by atoms with Crippen LogP contribution in [-0.2, 0) is 6.54 Å². The molecule has 2 aliphatic rings. The lowest BCUT2D eigenvalue weighted by Gasteiger charge is -2.39. The zero-order chi connectivity index (χ0) is 15.1. The maximum atomic E-state index is 4.55. The second-order valence-corrected chi connectivity index (χ2v) is 7.63. The summed E-state index contributed by atoms with van der Waals surface area (Å²) >= 11 is 3.69.